The van der Waals surface area contributed by atoms with E-state index in [1.807, 2.05) is 0 Å². The Morgan fingerprint density at radius 2 is 1.74 bits per heavy atom. The molecule has 0 saturated carbocycles. The number of benzene rings is 2. The van der Waals surface area contributed by atoms with Crippen LogP contribution in [0.5, 0.6) is 17.2 Å². The van der Waals surface area contributed by atoms with Crippen LogP contribution in [-0.2, 0) is 15.9 Å². The van der Waals surface area contributed by atoms with Crippen LogP contribution in [0.3, 0.4) is 0 Å². The number of rotatable bonds is 3. The van der Waals surface area contributed by atoms with Gasteiger partial charge in [0.1, 0.15) is 17.2 Å². The van der Waals surface area contributed by atoms with E-state index in [9.17, 15) is 30.0 Å². The van der Waals surface area contributed by atoms with E-state index in [2.05, 4.69) is 0 Å². The van der Waals surface area contributed by atoms with Crippen LogP contribution in [0.25, 0.3) is 0 Å². The number of ketones is 2. The molecule has 0 amide bonds. The van der Waals surface area contributed by atoms with Gasteiger partial charge in [0.2, 0.25) is 5.78 Å². The Hall–Kier alpha value is -3.02. The zero-order chi connectivity index (χ0) is 25.2. The molecule has 5 rings (SSSR count). The number of phenols is 2. The van der Waals surface area contributed by atoms with Crippen LogP contribution in [-0.4, -0.2) is 69.7 Å². The second-order valence-electron chi connectivity index (χ2n) is 9.26. The SMILES string of the molecule is COc1cccc2c1C(=O)c1c(O)c3c(c(O)c1C2=O)C[C@@H](O)C[C@H]3O[C@H]1C[C@@H](N)[C@@H](O)[C@@H](C)O1. The number of ether oxygens (including phenoxy) is 3. The molecule has 0 aromatic heterocycles. The molecule has 0 unspecified atom stereocenters. The molecule has 0 spiro atoms. The van der Waals surface area contributed by atoms with Crippen LogP contribution in [0.15, 0.2) is 18.2 Å². The summed E-state index contributed by atoms with van der Waals surface area (Å²) in [5, 5.41) is 43.0. The van der Waals surface area contributed by atoms with E-state index in [4.69, 9.17) is 19.9 Å². The number of phenolic OH excluding ortho intramolecular Hbond substituents is 2. The highest BCUT2D eigenvalue weighted by Crippen LogP contribution is 2.50. The van der Waals surface area contributed by atoms with Crippen molar-refractivity contribution in [1.29, 1.82) is 0 Å². The van der Waals surface area contributed by atoms with Crippen LogP contribution >= 0.6 is 0 Å². The number of nitrogens with two attached hydrogens (primary N) is 1. The van der Waals surface area contributed by atoms with Crippen LogP contribution in [0.4, 0.5) is 0 Å². The minimum absolute atomic E-state index is 0.000127. The maximum absolute atomic E-state index is 13.5. The quantitative estimate of drug-likeness (QED) is 0.338. The van der Waals surface area contributed by atoms with E-state index in [1.165, 1.54) is 19.2 Å². The zero-order valence-electron chi connectivity index (χ0n) is 19.2. The Morgan fingerprint density at radius 3 is 2.43 bits per heavy atom. The van der Waals surface area contributed by atoms with Crippen LogP contribution < -0.4 is 10.5 Å². The van der Waals surface area contributed by atoms with Gasteiger partial charge in [-0.3, -0.25) is 9.59 Å². The van der Waals surface area contributed by atoms with Crippen molar-refractivity contribution in [2.45, 2.75) is 62.9 Å². The number of aliphatic hydroxyl groups is 2. The first-order valence-electron chi connectivity index (χ1n) is 11.4. The number of aromatic hydroxyl groups is 2. The van der Waals surface area contributed by atoms with E-state index in [0.29, 0.717) is 0 Å². The predicted octanol–water partition coefficient (Wildman–Crippen LogP) is 1.07. The van der Waals surface area contributed by atoms with Gasteiger partial charge in [-0.15, -0.1) is 0 Å². The molecule has 35 heavy (non-hydrogen) atoms. The van der Waals surface area contributed by atoms with Gasteiger partial charge < -0.3 is 40.4 Å². The summed E-state index contributed by atoms with van der Waals surface area (Å²) in [5.41, 5.74) is 5.64. The zero-order valence-corrected chi connectivity index (χ0v) is 19.2. The Balaban J connectivity index is 1.62. The van der Waals surface area contributed by atoms with Gasteiger partial charge in [-0.25, -0.2) is 0 Å². The molecule has 6 atom stereocenters. The van der Waals surface area contributed by atoms with Crippen molar-refractivity contribution in [3.63, 3.8) is 0 Å². The maximum Gasteiger partial charge on any atom is 0.202 e. The minimum atomic E-state index is -0.966. The molecule has 10 nitrogen and oxygen atoms in total. The van der Waals surface area contributed by atoms with Crippen molar-refractivity contribution in [3.05, 3.63) is 51.6 Å². The van der Waals surface area contributed by atoms with Crippen LogP contribution in [0, 0.1) is 0 Å². The highest BCUT2D eigenvalue weighted by Gasteiger charge is 2.44. The van der Waals surface area contributed by atoms with E-state index in [1.54, 1.807) is 13.0 Å². The van der Waals surface area contributed by atoms with E-state index >= 15 is 0 Å². The average Bonchev–Trinajstić information content (AvgIpc) is 2.82. The van der Waals surface area contributed by atoms with Crippen molar-refractivity contribution in [2.75, 3.05) is 7.11 Å². The Labute approximate surface area is 200 Å². The number of aliphatic hydroxyl groups excluding tert-OH is 2. The van der Waals surface area contributed by atoms with Gasteiger partial charge in [0, 0.05) is 42.0 Å². The first kappa shape index (κ1) is 23.7. The highest BCUT2D eigenvalue weighted by molar-refractivity contribution is 6.31. The lowest BCUT2D eigenvalue weighted by Gasteiger charge is -2.39. The standard InChI is InChI=1S/C25H27NO9/c1-9-21(28)13(26)8-16(34-9)35-15-7-10(27)6-12-18(15)25(32)20-19(23(12)30)22(29)11-4-3-5-14(33-2)17(11)24(20)31/h3-5,9-10,13,15-16,21,27-28,30,32H,6-8,26H2,1-2H3/t9-,10-,13-,15-,16+,21+/m1/s1. The number of hydrogen-bond acceptors (Lipinski definition) is 10. The monoisotopic (exact) mass is 485 g/mol. The highest BCUT2D eigenvalue weighted by atomic mass is 16.7. The van der Waals surface area contributed by atoms with Gasteiger partial charge in [0.15, 0.2) is 12.1 Å². The molecule has 6 N–H and O–H groups in total. The molecule has 3 aliphatic rings. The third-order valence-corrected chi connectivity index (χ3v) is 7.08. The third-order valence-electron chi connectivity index (χ3n) is 7.08. The molecule has 1 saturated heterocycles. The third kappa shape index (κ3) is 3.60. The molecule has 186 valence electrons. The lowest BCUT2D eigenvalue weighted by molar-refractivity contribution is -0.244. The van der Waals surface area contributed by atoms with E-state index in [0.717, 1.165) is 0 Å². The topological polar surface area (TPSA) is 169 Å². The lowest BCUT2D eigenvalue weighted by atomic mass is 9.76. The molecule has 2 aromatic rings. The van der Waals surface area contributed by atoms with Gasteiger partial charge >= 0.3 is 0 Å². The van der Waals surface area contributed by atoms with Crippen molar-refractivity contribution in [2.24, 2.45) is 5.73 Å². The fourth-order valence-corrected chi connectivity index (χ4v) is 5.34. The number of fused-ring (bicyclic) bond motifs is 3. The van der Waals surface area contributed by atoms with Crippen LogP contribution in [0.1, 0.15) is 68.8 Å². The first-order valence-corrected chi connectivity index (χ1v) is 11.4. The van der Waals surface area contributed by atoms with E-state index in [-0.39, 0.29) is 58.4 Å². The summed E-state index contributed by atoms with van der Waals surface area (Å²) in [5.74, 6) is -2.10. The van der Waals surface area contributed by atoms with Crippen LogP contribution in [0.2, 0.25) is 0 Å². The molecule has 2 aromatic carbocycles. The second-order valence-corrected chi connectivity index (χ2v) is 9.26. The normalized spacial score (nSPS) is 29.9. The summed E-state index contributed by atoms with van der Waals surface area (Å²) in [4.78, 5) is 26.8. The molecule has 2 aliphatic carbocycles. The van der Waals surface area contributed by atoms with Crippen molar-refractivity contribution < 1.29 is 44.2 Å². The largest absolute Gasteiger partial charge is 0.507 e. The van der Waals surface area contributed by atoms with Gasteiger partial charge in [0.05, 0.1) is 48.2 Å². The average molecular weight is 485 g/mol. The molecule has 10 heteroatoms. The molecular formula is C25H27NO9. The smallest absolute Gasteiger partial charge is 0.202 e. The number of carbonyl (C=O) groups is 2. The maximum atomic E-state index is 13.5. The summed E-state index contributed by atoms with van der Waals surface area (Å²) < 4.78 is 17.0. The fraction of sp³-hybridized carbons (Fsp3) is 0.440. The van der Waals surface area contributed by atoms with Gasteiger partial charge in [-0.05, 0) is 13.0 Å². The summed E-state index contributed by atoms with van der Waals surface area (Å²) in [6, 6.07) is 3.94. The summed E-state index contributed by atoms with van der Waals surface area (Å²) >= 11 is 0. The first-order chi connectivity index (χ1) is 16.6. The number of methoxy groups -OCH3 is 1. The number of hydrogen-bond donors (Lipinski definition) is 5. The Morgan fingerprint density at radius 1 is 1.03 bits per heavy atom. The van der Waals surface area contributed by atoms with Gasteiger partial charge in [0.25, 0.3) is 0 Å². The number of carbonyl (C=O) groups excluding carboxylic acids is 2. The van der Waals surface area contributed by atoms with E-state index < -0.39 is 59.8 Å². The molecule has 1 heterocycles. The summed E-state index contributed by atoms with van der Waals surface area (Å²) in [6.07, 6.45) is -4.09. The summed E-state index contributed by atoms with van der Waals surface area (Å²) in [6.45, 7) is 1.65. The van der Waals surface area contributed by atoms with Crippen molar-refractivity contribution in [1.82, 2.24) is 0 Å². The second kappa shape index (κ2) is 8.58. The van der Waals surface area contributed by atoms with Crippen molar-refractivity contribution in [3.8, 4) is 17.2 Å². The molecule has 1 aliphatic heterocycles. The van der Waals surface area contributed by atoms with Crippen molar-refractivity contribution >= 4 is 11.6 Å². The van der Waals surface area contributed by atoms with Gasteiger partial charge in [-0.1, -0.05) is 12.1 Å². The minimum Gasteiger partial charge on any atom is -0.507 e. The molecule has 0 bridgehead atoms. The molecular weight excluding hydrogens is 458 g/mol. The fourth-order valence-electron chi connectivity index (χ4n) is 5.34. The van der Waals surface area contributed by atoms with Gasteiger partial charge in [-0.2, -0.15) is 0 Å². The Kier molecular flexibility index (Phi) is 5.81. The summed E-state index contributed by atoms with van der Waals surface area (Å²) in [7, 11) is 1.37. The molecule has 0 radical (unpaired) electrons. The molecule has 1 fully saturated rings. The Bertz CT molecular complexity index is 1210. The predicted molar refractivity (Wildman–Crippen MR) is 121 cm³/mol. The lowest BCUT2D eigenvalue weighted by Crippen LogP contribution is -2.52.